The van der Waals surface area contributed by atoms with Crippen molar-refractivity contribution < 1.29 is 33.5 Å². The van der Waals surface area contributed by atoms with Gasteiger partial charge in [0.05, 0.1) is 31.8 Å². The minimum Gasteiger partial charge on any atom is -0.493 e. The lowest BCUT2D eigenvalue weighted by atomic mass is 10.1. The highest BCUT2D eigenvalue weighted by Gasteiger charge is 2.16. The van der Waals surface area contributed by atoms with Crippen LogP contribution in [0.5, 0.6) is 17.2 Å². The number of nitrogens with zero attached hydrogens (tertiary/aromatic N) is 1. The number of hydrogen-bond acceptors (Lipinski definition) is 8. The fourth-order valence-corrected chi connectivity index (χ4v) is 2.69. The van der Waals surface area contributed by atoms with Gasteiger partial charge in [0.1, 0.15) is 0 Å². The largest absolute Gasteiger partial charge is 0.493 e. The molecule has 160 valence electrons. The van der Waals surface area contributed by atoms with Gasteiger partial charge in [0.15, 0.2) is 18.1 Å². The number of carbonyl (C=O) groups excluding carboxylic acids is 2. The van der Waals surface area contributed by atoms with Gasteiger partial charge >= 0.3 is 5.97 Å². The van der Waals surface area contributed by atoms with Crippen LogP contribution in [0.3, 0.4) is 0 Å². The molecule has 10 heteroatoms. The number of esters is 1. The van der Waals surface area contributed by atoms with E-state index in [9.17, 15) is 19.7 Å². The van der Waals surface area contributed by atoms with Crippen LogP contribution in [0, 0.1) is 17.0 Å². The number of benzene rings is 2. The van der Waals surface area contributed by atoms with Crippen molar-refractivity contribution in [3.8, 4) is 17.2 Å². The molecule has 1 N–H and O–H groups in total. The third-order valence-electron chi connectivity index (χ3n) is 4.18. The molecule has 0 saturated heterocycles. The highest BCUT2D eigenvalue weighted by molar-refractivity contribution is 5.91. The van der Waals surface area contributed by atoms with Gasteiger partial charge in [-0.15, -0.1) is 0 Å². The molecule has 2 rings (SSSR count). The molecule has 30 heavy (non-hydrogen) atoms. The maximum atomic E-state index is 12.1. The lowest BCUT2D eigenvalue weighted by Crippen LogP contribution is -2.28. The SMILES string of the molecule is COc1cc(CNC(=O)COC(=O)c2ccc([N+](=O)[O-])c(C)c2)cc(OC)c1OC. The molecular weight excluding hydrogens is 396 g/mol. The standard InChI is InChI=1S/C20H22N2O8/c1-12-7-14(5-6-15(12)22(25)26)20(24)30-11-18(23)21-10-13-8-16(27-2)19(29-4)17(9-13)28-3/h5-9H,10-11H2,1-4H3,(H,21,23). The molecule has 0 spiro atoms. The first-order chi connectivity index (χ1) is 14.3. The summed E-state index contributed by atoms with van der Waals surface area (Å²) in [7, 11) is 4.46. The summed E-state index contributed by atoms with van der Waals surface area (Å²) in [4.78, 5) is 34.4. The van der Waals surface area contributed by atoms with Crippen LogP contribution in [0.4, 0.5) is 5.69 Å². The van der Waals surface area contributed by atoms with Gasteiger partial charge in [0, 0.05) is 18.2 Å². The molecule has 0 aliphatic rings. The summed E-state index contributed by atoms with van der Waals surface area (Å²) < 4.78 is 20.7. The number of amides is 1. The third-order valence-corrected chi connectivity index (χ3v) is 4.18. The lowest BCUT2D eigenvalue weighted by molar-refractivity contribution is -0.385. The van der Waals surface area contributed by atoms with Crippen LogP contribution in [-0.2, 0) is 16.1 Å². The average molecular weight is 418 g/mol. The molecule has 1 amide bonds. The van der Waals surface area contributed by atoms with Crippen molar-refractivity contribution in [3.05, 3.63) is 57.1 Å². The van der Waals surface area contributed by atoms with E-state index in [4.69, 9.17) is 18.9 Å². The van der Waals surface area contributed by atoms with Gasteiger partial charge in [-0.25, -0.2) is 4.79 Å². The number of carbonyl (C=O) groups is 2. The van der Waals surface area contributed by atoms with Crippen LogP contribution in [-0.4, -0.2) is 44.7 Å². The minimum absolute atomic E-state index is 0.102. The summed E-state index contributed by atoms with van der Waals surface area (Å²) >= 11 is 0. The van der Waals surface area contributed by atoms with Crippen LogP contribution < -0.4 is 19.5 Å². The van der Waals surface area contributed by atoms with Gasteiger partial charge in [-0.2, -0.15) is 0 Å². The molecule has 0 heterocycles. The maximum absolute atomic E-state index is 12.1. The van der Waals surface area contributed by atoms with E-state index >= 15 is 0 Å². The van der Waals surface area contributed by atoms with Gasteiger partial charge in [0.2, 0.25) is 5.75 Å². The smallest absolute Gasteiger partial charge is 0.338 e. The second-order valence-corrected chi connectivity index (χ2v) is 6.14. The van der Waals surface area contributed by atoms with E-state index in [1.54, 1.807) is 12.1 Å². The van der Waals surface area contributed by atoms with E-state index in [-0.39, 0.29) is 17.8 Å². The number of aryl methyl sites for hydroxylation is 1. The van der Waals surface area contributed by atoms with Crippen LogP contribution in [0.25, 0.3) is 0 Å². The monoisotopic (exact) mass is 418 g/mol. The summed E-state index contributed by atoms with van der Waals surface area (Å²) in [6.07, 6.45) is 0. The summed E-state index contributed by atoms with van der Waals surface area (Å²) in [6.45, 7) is 1.15. The third kappa shape index (κ3) is 5.37. The van der Waals surface area contributed by atoms with E-state index in [0.29, 0.717) is 28.4 Å². The number of methoxy groups -OCH3 is 3. The maximum Gasteiger partial charge on any atom is 0.338 e. The Bertz CT molecular complexity index is 933. The van der Waals surface area contributed by atoms with Gasteiger partial charge in [0.25, 0.3) is 11.6 Å². The summed E-state index contributed by atoms with van der Waals surface area (Å²) in [5, 5.41) is 13.5. The fraction of sp³-hybridized carbons (Fsp3) is 0.300. The molecule has 0 unspecified atom stereocenters. The quantitative estimate of drug-likeness (QED) is 0.374. The van der Waals surface area contributed by atoms with E-state index < -0.39 is 23.4 Å². The number of ether oxygens (including phenoxy) is 4. The zero-order valence-electron chi connectivity index (χ0n) is 17.0. The van der Waals surface area contributed by atoms with Crippen molar-refractivity contribution in [3.63, 3.8) is 0 Å². The highest BCUT2D eigenvalue weighted by Crippen LogP contribution is 2.38. The Morgan fingerprint density at radius 2 is 1.67 bits per heavy atom. The van der Waals surface area contributed by atoms with Crippen molar-refractivity contribution >= 4 is 17.6 Å². The van der Waals surface area contributed by atoms with Crippen molar-refractivity contribution in [2.45, 2.75) is 13.5 Å². The zero-order chi connectivity index (χ0) is 22.3. The summed E-state index contributed by atoms with van der Waals surface area (Å²) in [5.41, 5.74) is 1.03. The highest BCUT2D eigenvalue weighted by atomic mass is 16.6. The van der Waals surface area contributed by atoms with Crippen molar-refractivity contribution in [1.29, 1.82) is 0 Å². The van der Waals surface area contributed by atoms with E-state index in [1.807, 2.05) is 0 Å². The first-order valence-electron chi connectivity index (χ1n) is 8.78. The second kappa shape index (κ2) is 10.1. The predicted molar refractivity (Wildman–Crippen MR) is 106 cm³/mol. The second-order valence-electron chi connectivity index (χ2n) is 6.14. The number of nitro benzene ring substituents is 1. The molecule has 0 radical (unpaired) electrons. The Kier molecular flexibility index (Phi) is 7.56. The topological polar surface area (TPSA) is 126 Å². The Balaban J connectivity index is 1.94. The van der Waals surface area contributed by atoms with E-state index in [1.165, 1.54) is 46.5 Å². The minimum atomic E-state index is -0.754. The molecule has 0 fully saturated rings. The van der Waals surface area contributed by atoms with Crippen LogP contribution in [0.15, 0.2) is 30.3 Å². The number of nitrogens with one attached hydrogen (secondary N) is 1. The van der Waals surface area contributed by atoms with Gasteiger partial charge in [-0.3, -0.25) is 14.9 Å². The number of rotatable bonds is 9. The Labute approximate surface area is 172 Å². The van der Waals surface area contributed by atoms with Crippen molar-refractivity contribution in [1.82, 2.24) is 5.32 Å². The molecule has 2 aromatic carbocycles. The van der Waals surface area contributed by atoms with Gasteiger partial charge in [-0.1, -0.05) is 0 Å². The van der Waals surface area contributed by atoms with Crippen LogP contribution in [0.1, 0.15) is 21.5 Å². The molecule has 10 nitrogen and oxygen atoms in total. The van der Waals surface area contributed by atoms with Crippen molar-refractivity contribution in [2.75, 3.05) is 27.9 Å². The van der Waals surface area contributed by atoms with Gasteiger partial charge in [-0.05, 0) is 36.8 Å². The molecule has 0 bridgehead atoms. The number of hydrogen-bond donors (Lipinski definition) is 1. The molecule has 0 atom stereocenters. The first-order valence-corrected chi connectivity index (χ1v) is 8.78. The number of nitro groups is 1. The van der Waals surface area contributed by atoms with E-state index in [2.05, 4.69) is 5.32 Å². The molecule has 0 saturated carbocycles. The summed E-state index contributed by atoms with van der Waals surface area (Å²) in [5.74, 6) is 0.0520. The Hall–Kier alpha value is -3.82. The predicted octanol–water partition coefficient (Wildman–Crippen LogP) is 2.40. The van der Waals surface area contributed by atoms with Crippen LogP contribution in [0.2, 0.25) is 0 Å². The molecular formula is C20H22N2O8. The lowest BCUT2D eigenvalue weighted by Gasteiger charge is -2.14. The fourth-order valence-electron chi connectivity index (χ4n) is 2.69. The Morgan fingerprint density at radius 3 is 2.17 bits per heavy atom. The molecule has 0 aromatic heterocycles. The van der Waals surface area contributed by atoms with Gasteiger partial charge < -0.3 is 24.3 Å². The molecule has 0 aliphatic heterocycles. The first kappa shape index (κ1) is 22.5. The summed E-state index contributed by atoms with van der Waals surface area (Å²) in [6, 6.07) is 7.21. The average Bonchev–Trinajstić information content (AvgIpc) is 2.74. The normalized spacial score (nSPS) is 10.1. The molecule has 2 aromatic rings. The van der Waals surface area contributed by atoms with E-state index in [0.717, 1.165) is 0 Å². The van der Waals surface area contributed by atoms with Crippen LogP contribution >= 0.6 is 0 Å². The zero-order valence-corrected chi connectivity index (χ0v) is 17.0. The van der Waals surface area contributed by atoms with Crippen molar-refractivity contribution in [2.24, 2.45) is 0 Å². The Morgan fingerprint density at radius 1 is 1.03 bits per heavy atom. The molecule has 0 aliphatic carbocycles.